The predicted octanol–water partition coefficient (Wildman–Crippen LogP) is 2.25. The van der Waals surface area contributed by atoms with Crippen molar-refractivity contribution >= 4 is 21.4 Å². The number of rotatable bonds is 9. The van der Waals surface area contributed by atoms with Gasteiger partial charge in [-0.1, -0.05) is 19.8 Å². The highest BCUT2D eigenvalue weighted by atomic mass is 32.2. The van der Waals surface area contributed by atoms with Crippen LogP contribution in [0.4, 0.5) is 5.69 Å². The first-order chi connectivity index (χ1) is 14.3. The highest BCUT2D eigenvalue weighted by Crippen LogP contribution is 2.25. The van der Waals surface area contributed by atoms with Crippen LogP contribution in [0.3, 0.4) is 0 Å². The lowest BCUT2D eigenvalue weighted by Crippen LogP contribution is -2.51. The lowest BCUT2D eigenvalue weighted by molar-refractivity contribution is -0.131. The summed E-state index contributed by atoms with van der Waals surface area (Å²) in [5, 5.41) is 9.17. The number of amides is 1. The average molecular weight is 432 g/mol. The molecule has 30 heavy (non-hydrogen) atoms. The lowest BCUT2D eigenvalue weighted by Gasteiger charge is -2.34. The fourth-order valence-electron chi connectivity index (χ4n) is 2.90. The number of pyridine rings is 1. The maximum Gasteiger partial charge on any atom is 0.266 e. The normalized spacial score (nSPS) is 11.9. The maximum atomic E-state index is 13.1. The Morgan fingerprint density at radius 2 is 1.97 bits per heavy atom. The molecule has 0 aliphatic carbocycles. The van der Waals surface area contributed by atoms with Gasteiger partial charge in [-0.15, -0.1) is 5.92 Å². The molecular formula is C21H25N3O5S. The fourth-order valence-corrected chi connectivity index (χ4v) is 4.28. The molecule has 2 rings (SSSR count). The van der Waals surface area contributed by atoms with E-state index in [2.05, 4.69) is 16.8 Å². The molecule has 0 bridgehead atoms. The number of aromatic nitrogens is 1. The molecule has 0 saturated carbocycles. The van der Waals surface area contributed by atoms with E-state index in [1.54, 1.807) is 56.7 Å². The van der Waals surface area contributed by atoms with Gasteiger partial charge in [0.1, 0.15) is 24.3 Å². The monoisotopic (exact) mass is 431 g/mol. The van der Waals surface area contributed by atoms with Crippen molar-refractivity contribution in [3.8, 4) is 17.6 Å². The number of ether oxygens (including phenoxy) is 1. The van der Waals surface area contributed by atoms with Crippen LogP contribution in [-0.4, -0.2) is 43.0 Å². The minimum Gasteiger partial charge on any atom is -0.481 e. The van der Waals surface area contributed by atoms with E-state index in [9.17, 15) is 13.2 Å². The largest absolute Gasteiger partial charge is 0.481 e. The van der Waals surface area contributed by atoms with Crippen LogP contribution < -0.4 is 15.1 Å². The van der Waals surface area contributed by atoms with Gasteiger partial charge in [-0.25, -0.2) is 13.9 Å². The molecule has 0 fully saturated rings. The quantitative estimate of drug-likeness (QED) is 0.356. The van der Waals surface area contributed by atoms with Gasteiger partial charge in [-0.3, -0.25) is 15.0 Å². The molecular weight excluding hydrogens is 406 g/mol. The zero-order valence-electron chi connectivity index (χ0n) is 17.1. The standard InChI is InChI=1S/C21H25N3O5S/c1-4-5-13-29-18-8-10-19(11-9-18)30(27,28)15-24(17-7-6-12-22-14-17)20(16(2)3)21(25)23-26/h6-12,14,16,20,26H,13,15H2,1-3H3,(H,23,25). The molecule has 0 aliphatic heterocycles. The van der Waals surface area contributed by atoms with Crippen LogP contribution in [-0.2, 0) is 14.6 Å². The first-order valence-electron chi connectivity index (χ1n) is 9.26. The van der Waals surface area contributed by atoms with Gasteiger partial charge < -0.3 is 9.64 Å². The van der Waals surface area contributed by atoms with Crippen LogP contribution >= 0.6 is 0 Å². The second-order valence-electron chi connectivity index (χ2n) is 6.78. The molecule has 1 aromatic heterocycles. The minimum atomic E-state index is -3.82. The molecule has 9 heteroatoms. The van der Waals surface area contributed by atoms with E-state index in [-0.39, 0.29) is 17.4 Å². The number of carbonyl (C=O) groups is 1. The van der Waals surface area contributed by atoms with Crippen molar-refractivity contribution in [2.24, 2.45) is 5.92 Å². The molecule has 160 valence electrons. The van der Waals surface area contributed by atoms with E-state index >= 15 is 0 Å². The van der Waals surface area contributed by atoms with E-state index in [1.165, 1.54) is 23.2 Å². The topological polar surface area (TPSA) is 109 Å². The summed E-state index contributed by atoms with van der Waals surface area (Å²) in [5.74, 6) is 4.51. The highest BCUT2D eigenvalue weighted by molar-refractivity contribution is 7.91. The smallest absolute Gasteiger partial charge is 0.266 e. The molecule has 2 aromatic rings. The Bertz CT molecular complexity index is 996. The van der Waals surface area contributed by atoms with Crippen molar-refractivity contribution in [2.75, 3.05) is 17.4 Å². The Morgan fingerprint density at radius 1 is 1.27 bits per heavy atom. The van der Waals surface area contributed by atoms with Gasteiger partial charge in [-0.05, 0) is 49.2 Å². The van der Waals surface area contributed by atoms with Crippen molar-refractivity contribution in [1.82, 2.24) is 10.5 Å². The Morgan fingerprint density at radius 3 is 2.50 bits per heavy atom. The molecule has 0 radical (unpaired) electrons. The van der Waals surface area contributed by atoms with Gasteiger partial charge >= 0.3 is 0 Å². The summed E-state index contributed by atoms with van der Waals surface area (Å²) in [6.45, 7) is 5.45. The van der Waals surface area contributed by atoms with Crippen LogP contribution in [0.1, 0.15) is 20.8 Å². The molecule has 1 amide bonds. The summed E-state index contributed by atoms with van der Waals surface area (Å²) in [4.78, 5) is 17.8. The molecule has 0 saturated heterocycles. The highest BCUT2D eigenvalue weighted by Gasteiger charge is 2.33. The molecule has 1 aromatic carbocycles. The number of sulfone groups is 1. The fraction of sp³-hybridized carbons (Fsp3) is 0.333. The van der Waals surface area contributed by atoms with Gasteiger partial charge in [0.15, 0.2) is 9.84 Å². The first-order valence-corrected chi connectivity index (χ1v) is 10.9. The minimum absolute atomic E-state index is 0.0808. The van der Waals surface area contributed by atoms with Crippen molar-refractivity contribution in [1.29, 1.82) is 0 Å². The first kappa shape index (κ1) is 23.2. The number of hydrogen-bond acceptors (Lipinski definition) is 7. The van der Waals surface area contributed by atoms with Crippen molar-refractivity contribution < 1.29 is 23.2 Å². The zero-order chi connectivity index (χ0) is 22.1. The lowest BCUT2D eigenvalue weighted by atomic mass is 10.0. The summed E-state index contributed by atoms with van der Waals surface area (Å²) in [6.07, 6.45) is 3.02. The zero-order valence-corrected chi connectivity index (χ0v) is 17.9. The maximum absolute atomic E-state index is 13.1. The number of nitrogens with zero attached hydrogens (tertiary/aromatic N) is 2. The number of nitrogens with one attached hydrogen (secondary N) is 1. The van der Waals surface area contributed by atoms with Crippen LogP contribution in [0.25, 0.3) is 0 Å². The number of anilines is 1. The van der Waals surface area contributed by atoms with Crippen molar-refractivity contribution in [2.45, 2.75) is 31.7 Å². The average Bonchev–Trinajstić information content (AvgIpc) is 2.74. The van der Waals surface area contributed by atoms with Crippen molar-refractivity contribution in [3.05, 3.63) is 48.8 Å². The van der Waals surface area contributed by atoms with E-state index < -0.39 is 27.7 Å². The molecule has 1 heterocycles. The SMILES string of the molecule is CC#CCOc1ccc(S(=O)(=O)CN(c2cccnc2)C(C(=O)NO)C(C)C)cc1. The number of benzene rings is 1. The Balaban J connectivity index is 2.35. The predicted molar refractivity (Wildman–Crippen MR) is 113 cm³/mol. The van der Waals surface area contributed by atoms with E-state index in [0.29, 0.717) is 11.4 Å². The van der Waals surface area contributed by atoms with E-state index in [0.717, 1.165) is 0 Å². The Hall–Kier alpha value is -3.09. The molecule has 2 N–H and O–H groups in total. The number of hydrogen-bond donors (Lipinski definition) is 2. The number of carbonyl (C=O) groups excluding carboxylic acids is 1. The summed E-state index contributed by atoms with van der Waals surface area (Å²) >= 11 is 0. The molecule has 1 unspecified atom stereocenters. The molecule has 8 nitrogen and oxygen atoms in total. The van der Waals surface area contributed by atoms with Crippen LogP contribution in [0.15, 0.2) is 53.7 Å². The van der Waals surface area contributed by atoms with Crippen LogP contribution in [0, 0.1) is 17.8 Å². The molecule has 0 spiro atoms. The van der Waals surface area contributed by atoms with Gasteiger partial charge in [0.2, 0.25) is 0 Å². The van der Waals surface area contributed by atoms with Gasteiger partial charge in [0.05, 0.1) is 16.8 Å². The van der Waals surface area contributed by atoms with Crippen LogP contribution in [0.5, 0.6) is 5.75 Å². The van der Waals surface area contributed by atoms with Gasteiger partial charge in [0.25, 0.3) is 5.91 Å². The van der Waals surface area contributed by atoms with Gasteiger partial charge in [-0.2, -0.15) is 0 Å². The summed E-state index contributed by atoms with van der Waals surface area (Å²) in [7, 11) is -3.82. The summed E-state index contributed by atoms with van der Waals surface area (Å²) in [6, 6.07) is 8.38. The summed E-state index contributed by atoms with van der Waals surface area (Å²) < 4.78 is 31.6. The van der Waals surface area contributed by atoms with Crippen LogP contribution in [0.2, 0.25) is 0 Å². The summed E-state index contributed by atoms with van der Waals surface area (Å²) in [5.41, 5.74) is 2.08. The van der Waals surface area contributed by atoms with E-state index in [1.807, 2.05) is 0 Å². The van der Waals surface area contributed by atoms with Gasteiger partial charge in [0, 0.05) is 6.20 Å². The second-order valence-corrected chi connectivity index (χ2v) is 8.74. The molecule has 1 atom stereocenters. The Kier molecular flexibility index (Phi) is 8.21. The third kappa shape index (κ3) is 5.95. The second kappa shape index (κ2) is 10.6. The van der Waals surface area contributed by atoms with Crippen molar-refractivity contribution in [3.63, 3.8) is 0 Å². The van der Waals surface area contributed by atoms with E-state index in [4.69, 9.17) is 9.94 Å². The molecule has 0 aliphatic rings. The third-order valence-electron chi connectivity index (χ3n) is 4.30. The number of hydroxylamine groups is 1. The Labute approximate surface area is 176 Å². The third-order valence-corrected chi connectivity index (χ3v) is 5.91.